The summed E-state index contributed by atoms with van der Waals surface area (Å²) in [5, 5.41) is 10.1. The molecule has 2 aromatic carbocycles. The topological polar surface area (TPSA) is 46.5 Å². The van der Waals surface area contributed by atoms with Crippen LogP contribution in [0.2, 0.25) is 0 Å². The largest absolute Gasteiger partial charge is 0.508 e. The zero-order valence-electron chi connectivity index (χ0n) is 15.7. The summed E-state index contributed by atoms with van der Waals surface area (Å²) in [5.41, 5.74) is 3.83. The molecule has 0 aliphatic carbocycles. The number of carbonyl (C=O) groups is 1. The molecule has 0 unspecified atom stereocenters. The number of phenolic OH excluding ortho intramolecular Hbond substituents is 1. The third-order valence-corrected chi connectivity index (χ3v) is 4.03. The molecule has 0 saturated carbocycles. The number of benzene rings is 2. The van der Waals surface area contributed by atoms with Crippen LogP contribution in [0.4, 0.5) is 0 Å². The monoisotopic (exact) mass is 350 g/mol. The predicted molar refractivity (Wildman–Crippen MR) is 106 cm³/mol. The van der Waals surface area contributed by atoms with E-state index in [-0.39, 0.29) is 5.75 Å². The van der Waals surface area contributed by atoms with Crippen molar-refractivity contribution in [3.63, 3.8) is 0 Å². The second-order valence-electron chi connectivity index (χ2n) is 6.62. The van der Waals surface area contributed by atoms with E-state index in [9.17, 15) is 9.90 Å². The van der Waals surface area contributed by atoms with E-state index in [4.69, 9.17) is 4.74 Å². The van der Waals surface area contributed by atoms with Crippen LogP contribution in [0, 0.1) is 0 Å². The van der Waals surface area contributed by atoms with Gasteiger partial charge in [0.1, 0.15) is 11.5 Å². The smallest absolute Gasteiger partial charge is 0.343 e. The second kappa shape index (κ2) is 9.62. The molecular formula is C23H26O3. The van der Waals surface area contributed by atoms with Gasteiger partial charge in [0, 0.05) is 5.56 Å². The normalized spacial score (nSPS) is 11.1. The lowest BCUT2D eigenvalue weighted by molar-refractivity contribution is 0.0734. The van der Waals surface area contributed by atoms with Crippen molar-refractivity contribution in [2.45, 2.75) is 40.0 Å². The Bertz CT molecular complexity index is 797. The lowest BCUT2D eigenvalue weighted by Crippen LogP contribution is -2.08. The van der Waals surface area contributed by atoms with Gasteiger partial charge in [-0.3, -0.25) is 0 Å². The summed E-state index contributed by atoms with van der Waals surface area (Å²) < 4.78 is 5.42. The highest BCUT2D eigenvalue weighted by molar-refractivity contribution is 5.91. The Balaban J connectivity index is 2.02. The molecule has 0 saturated heterocycles. The molecule has 2 rings (SSSR count). The molecule has 0 spiro atoms. The molecule has 0 aliphatic heterocycles. The zero-order valence-corrected chi connectivity index (χ0v) is 15.7. The maximum Gasteiger partial charge on any atom is 0.343 e. The van der Waals surface area contributed by atoms with E-state index in [1.54, 1.807) is 42.5 Å². The van der Waals surface area contributed by atoms with Crippen molar-refractivity contribution < 1.29 is 14.6 Å². The summed E-state index contributed by atoms with van der Waals surface area (Å²) in [6.45, 7) is 6.29. The van der Waals surface area contributed by atoms with Gasteiger partial charge in [0.05, 0.1) is 5.56 Å². The van der Waals surface area contributed by atoms with Gasteiger partial charge in [-0.2, -0.15) is 0 Å². The minimum absolute atomic E-state index is 0.206. The van der Waals surface area contributed by atoms with E-state index < -0.39 is 5.97 Å². The van der Waals surface area contributed by atoms with Crippen LogP contribution in [0.1, 0.15) is 49.5 Å². The van der Waals surface area contributed by atoms with E-state index in [0.29, 0.717) is 17.7 Å². The third-order valence-electron chi connectivity index (χ3n) is 4.03. The highest BCUT2D eigenvalue weighted by Crippen LogP contribution is 2.25. The molecule has 0 fully saturated rings. The Morgan fingerprint density at radius 3 is 2.46 bits per heavy atom. The standard InChI is InChI=1S/C23H26O3/c1-17(2)8-7-9-18(3)12-13-20-16-21(14-15-22(20)24)26-23(25)19-10-5-4-6-11-19/h4-6,8,10-12,14-16,24H,7,9,13H2,1-3H3/b18-12+. The van der Waals surface area contributed by atoms with Gasteiger partial charge < -0.3 is 9.84 Å². The van der Waals surface area contributed by atoms with Gasteiger partial charge in [0.2, 0.25) is 0 Å². The Morgan fingerprint density at radius 2 is 1.77 bits per heavy atom. The first-order chi connectivity index (χ1) is 12.5. The van der Waals surface area contributed by atoms with E-state index in [1.165, 1.54) is 11.1 Å². The number of hydrogen-bond donors (Lipinski definition) is 1. The minimum Gasteiger partial charge on any atom is -0.508 e. The van der Waals surface area contributed by atoms with Gasteiger partial charge in [-0.05, 0) is 70.4 Å². The molecule has 0 aliphatic rings. The first kappa shape index (κ1) is 19.5. The van der Waals surface area contributed by atoms with E-state index in [0.717, 1.165) is 18.4 Å². The molecule has 2 aromatic rings. The van der Waals surface area contributed by atoms with E-state index in [2.05, 4.69) is 32.9 Å². The molecule has 26 heavy (non-hydrogen) atoms. The lowest BCUT2D eigenvalue weighted by Gasteiger charge is -2.08. The molecular weight excluding hydrogens is 324 g/mol. The van der Waals surface area contributed by atoms with Crippen molar-refractivity contribution in [1.82, 2.24) is 0 Å². The fourth-order valence-corrected chi connectivity index (χ4v) is 2.50. The molecule has 0 aromatic heterocycles. The summed E-state index contributed by atoms with van der Waals surface area (Å²) in [6.07, 6.45) is 6.94. The molecule has 3 nitrogen and oxygen atoms in total. The molecule has 3 heteroatoms. The molecule has 136 valence electrons. The molecule has 0 atom stereocenters. The number of phenols is 1. The van der Waals surface area contributed by atoms with Crippen molar-refractivity contribution in [2.24, 2.45) is 0 Å². The van der Waals surface area contributed by atoms with Crippen molar-refractivity contribution in [3.8, 4) is 11.5 Å². The molecule has 1 N–H and O–H groups in total. The van der Waals surface area contributed by atoms with Crippen LogP contribution >= 0.6 is 0 Å². The van der Waals surface area contributed by atoms with Crippen molar-refractivity contribution in [2.75, 3.05) is 0 Å². The van der Waals surface area contributed by atoms with Gasteiger partial charge >= 0.3 is 5.97 Å². The summed E-state index contributed by atoms with van der Waals surface area (Å²) in [5.74, 6) is 0.232. The van der Waals surface area contributed by atoms with Crippen molar-refractivity contribution in [3.05, 3.63) is 83.0 Å². The number of hydrogen-bond acceptors (Lipinski definition) is 3. The summed E-state index contributed by atoms with van der Waals surface area (Å²) >= 11 is 0. The highest BCUT2D eigenvalue weighted by atomic mass is 16.5. The average Bonchev–Trinajstić information content (AvgIpc) is 2.62. The number of aromatic hydroxyl groups is 1. The van der Waals surface area contributed by atoms with Gasteiger partial charge in [-0.15, -0.1) is 0 Å². The van der Waals surface area contributed by atoms with Crippen molar-refractivity contribution >= 4 is 5.97 Å². The molecule has 0 amide bonds. The quantitative estimate of drug-likeness (QED) is 0.387. The highest BCUT2D eigenvalue weighted by Gasteiger charge is 2.09. The summed E-state index contributed by atoms with van der Waals surface area (Å²) in [7, 11) is 0. The molecule has 0 radical (unpaired) electrons. The van der Waals surface area contributed by atoms with Crippen LogP contribution in [0.5, 0.6) is 11.5 Å². The summed E-state index contributed by atoms with van der Waals surface area (Å²) in [4.78, 5) is 12.1. The van der Waals surface area contributed by atoms with E-state index >= 15 is 0 Å². The zero-order chi connectivity index (χ0) is 18.9. The van der Waals surface area contributed by atoms with Crippen molar-refractivity contribution in [1.29, 1.82) is 0 Å². The van der Waals surface area contributed by atoms with E-state index in [1.807, 2.05) is 6.07 Å². The second-order valence-corrected chi connectivity index (χ2v) is 6.62. The maximum absolute atomic E-state index is 12.1. The Hall–Kier alpha value is -2.81. The molecule has 0 bridgehead atoms. The predicted octanol–water partition coefficient (Wildman–Crippen LogP) is 5.85. The Kier molecular flexibility index (Phi) is 7.22. The summed E-state index contributed by atoms with van der Waals surface area (Å²) in [6, 6.07) is 13.7. The fourth-order valence-electron chi connectivity index (χ4n) is 2.50. The van der Waals surface area contributed by atoms with Crippen LogP contribution in [0.25, 0.3) is 0 Å². The Morgan fingerprint density at radius 1 is 1.04 bits per heavy atom. The maximum atomic E-state index is 12.1. The van der Waals surface area contributed by atoms with Crippen LogP contribution in [-0.4, -0.2) is 11.1 Å². The fraction of sp³-hybridized carbons (Fsp3) is 0.261. The third kappa shape index (κ3) is 6.25. The molecule has 0 heterocycles. The number of esters is 1. The number of ether oxygens (including phenoxy) is 1. The minimum atomic E-state index is -0.407. The van der Waals surface area contributed by atoms with Gasteiger partial charge in [0.15, 0.2) is 0 Å². The van der Waals surface area contributed by atoms with Crippen LogP contribution in [0.3, 0.4) is 0 Å². The number of allylic oxidation sites excluding steroid dienone is 4. The van der Waals surface area contributed by atoms with Gasteiger partial charge in [-0.25, -0.2) is 4.79 Å². The SMILES string of the molecule is CC(C)=CCC/C(C)=C/Cc1cc(OC(=O)c2ccccc2)ccc1O. The number of rotatable bonds is 7. The Labute approximate surface area is 155 Å². The van der Waals surface area contributed by atoms with Crippen LogP contribution in [0.15, 0.2) is 71.8 Å². The van der Waals surface area contributed by atoms with Gasteiger partial charge in [0.25, 0.3) is 0 Å². The lowest BCUT2D eigenvalue weighted by atomic mass is 10.1. The average molecular weight is 350 g/mol. The number of carbonyl (C=O) groups excluding carboxylic acids is 1. The van der Waals surface area contributed by atoms with Gasteiger partial charge in [-0.1, -0.05) is 41.5 Å². The first-order valence-corrected chi connectivity index (χ1v) is 8.84. The van der Waals surface area contributed by atoms with Crippen LogP contribution in [-0.2, 0) is 6.42 Å². The first-order valence-electron chi connectivity index (χ1n) is 8.84. The van der Waals surface area contributed by atoms with Crippen LogP contribution < -0.4 is 4.74 Å².